The molecule has 0 saturated heterocycles. The summed E-state index contributed by atoms with van der Waals surface area (Å²) in [4.78, 5) is 0. The third-order valence-electron chi connectivity index (χ3n) is 1.32. The standard InChI is InChI=1S/C10H10N4/c11-10(12)14-13-8-4-7-9-5-2-1-3-6-9/h1-3,5-6,8H,(H4,11,12,14)/p+1/b13-8+. The Hall–Kier alpha value is -2.28. The largest absolute Gasteiger partial charge is 0.365 e. The number of rotatable bonds is 1. The minimum absolute atomic E-state index is 0.0252. The predicted octanol–water partition coefficient (Wildman–Crippen LogP) is -1.62. The van der Waals surface area contributed by atoms with Crippen LogP contribution in [0.3, 0.4) is 0 Å². The van der Waals surface area contributed by atoms with Crippen LogP contribution in [0.25, 0.3) is 0 Å². The van der Waals surface area contributed by atoms with E-state index in [0.29, 0.717) is 0 Å². The number of hydrogen-bond acceptors (Lipinski definition) is 1. The predicted molar refractivity (Wildman–Crippen MR) is 56.2 cm³/mol. The van der Waals surface area contributed by atoms with E-state index in [0.717, 1.165) is 5.56 Å². The monoisotopic (exact) mass is 187 g/mol. The summed E-state index contributed by atoms with van der Waals surface area (Å²) in [5.74, 6) is 5.63. The van der Waals surface area contributed by atoms with Crippen LogP contribution in [-0.4, -0.2) is 12.2 Å². The number of nitrogens with one attached hydrogen (secondary N) is 1. The number of benzene rings is 1. The molecular formula is C10H11N4+. The quantitative estimate of drug-likeness (QED) is 0.214. The Morgan fingerprint density at radius 2 is 2.00 bits per heavy atom. The molecule has 1 rings (SSSR count). The number of nitrogens with two attached hydrogens (primary N) is 2. The van der Waals surface area contributed by atoms with Crippen LogP contribution in [0.15, 0.2) is 35.4 Å². The van der Waals surface area contributed by atoms with Crippen molar-refractivity contribution in [3.8, 4) is 11.8 Å². The molecule has 4 heteroatoms. The van der Waals surface area contributed by atoms with E-state index in [1.54, 1.807) is 0 Å². The lowest BCUT2D eigenvalue weighted by Gasteiger charge is -1.83. The lowest BCUT2D eigenvalue weighted by atomic mass is 10.2. The first-order chi connectivity index (χ1) is 6.79. The minimum Gasteiger partial charge on any atom is -0.365 e. The molecule has 0 unspecified atom stereocenters. The number of guanidine groups is 1. The van der Waals surface area contributed by atoms with Crippen LogP contribution in [0.5, 0.6) is 0 Å². The summed E-state index contributed by atoms with van der Waals surface area (Å²) >= 11 is 0. The Morgan fingerprint density at radius 3 is 2.64 bits per heavy atom. The minimum atomic E-state index is -0.0252. The van der Waals surface area contributed by atoms with Gasteiger partial charge >= 0.3 is 0 Å². The Morgan fingerprint density at radius 1 is 1.29 bits per heavy atom. The van der Waals surface area contributed by atoms with Crippen LogP contribution < -0.4 is 16.6 Å². The van der Waals surface area contributed by atoms with Crippen LogP contribution in [0.2, 0.25) is 0 Å². The van der Waals surface area contributed by atoms with Gasteiger partial charge in [0.1, 0.15) is 0 Å². The zero-order valence-corrected chi connectivity index (χ0v) is 7.57. The second-order valence-corrected chi connectivity index (χ2v) is 2.45. The Labute approximate surface area is 82.3 Å². The van der Waals surface area contributed by atoms with Gasteiger partial charge in [0.25, 0.3) is 5.96 Å². The number of hydrogen-bond donors (Lipinski definition) is 3. The van der Waals surface area contributed by atoms with E-state index in [1.165, 1.54) is 6.21 Å². The number of nitrogens with zero attached hydrogens (tertiary/aromatic N) is 1. The highest BCUT2D eigenvalue weighted by molar-refractivity contribution is 5.76. The molecular weight excluding hydrogens is 176 g/mol. The van der Waals surface area contributed by atoms with Gasteiger partial charge in [-0.1, -0.05) is 29.2 Å². The van der Waals surface area contributed by atoms with Crippen molar-refractivity contribution in [2.75, 3.05) is 0 Å². The van der Waals surface area contributed by atoms with Gasteiger partial charge in [0, 0.05) is 16.6 Å². The SMILES string of the molecule is NC(N)=N/[NH+]=C/C#Cc1ccccc1. The van der Waals surface area contributed by atoms with Crippen molar-refractivity contribution in [2.24, 2.45) is 16.6 Å². The molecule has 0 bridgehead atoms. The average Bonchev–Trinajstić information content (AvgIpc) is 2.18. The highest BCUT2D eigenvalue weighted by Crippen LogP contribution is 1.93. The van der Waals surface area contributed by atoms with Gasteiger partial charge in [-0.05, 0) is 12.1 Å². The maximum absolute atomic E-state index is 5.08. The van der Waals surface area contributed by atoms with Crippen LogP contribution in [0.1, 0.15) is 5.56 Å². The highest BCUT2D eigenvalue weighted by Gasteiger charge is 1.81. The molecule has 0 radical (unpaired) electrons. The van der Waals surface area contributed by atoms with Crippen molar-refractivity contribution in [1.29, 1.82) is 0 Å². The Bertz CT molecular complexity index is 391. The fourth-order valence-corrected chi connectivity index (χ4v) is 0.780. The molecule has 0 aliphatic carbocycles. The molecule has 0 aliphatic rings. The normalized spacial score (nSPS) is 9.14. The van der Waals surface area contributed by atoms with E-state index in [-0.39, 0.29) is 5.96 Å². The summed E-state index contributed by atoms with van der Waals surface area (Å²) in [6.45, 7) is 0. The van der Waals surface area contributed by atoms with Gasteiger partial charge in [-0.25, -0.2) is 0 Å². The summed E-state index contributed by atoms with van der Waals surface area (Å²) in [5.41, 5.74) is 11.1. The summed E-state index contributed by atoms with van der Waals surface area (Å²) in [5, 5.41) is 6.01. The van der Waals surface area contributed by atoms with E-state index in [1.807, 2.05) is 30.3 Å². The fraction of sp³-hybridized carbons (Fsp3) is 0. The molecule has 0 amide bonds. The first-order valence-electron chi connectivity index (χ1n) is 4.01. The van der Waals surface area contributed by atoms with E-state index >= 15 is 0 Å². The molecule has 0 spiro atoms. The second kappa shape index (κ2) is 5.38. The Balaban J connectivity index is 2.58. The van der Waals surface area contributed by atoms with Crippen molar-refractivity contribution >= 4 is 12.2 Å². The van der Waals surface area contributed by atoms with Crippen LogP contribution in [0.4, 0.5) is 0 Å². The maximum Gasteiger partial charge on any atom is 0.256 e. The molecule has 0 aliphatic heterocycles. The Kier molecular flexibility index (Phi) is 3.77. The highest BCUT2D eigenvalue weighted by atomic mass is 15.3. The van der Waals surface area contributed by atoms with Crippen LogP contribution in [0, 0.1) is 11.8 Å². The first kappa shape index (κ1) is 9.81. The maximum atomic E-state index is 5.08. The molecule has 0 atom stereocenters. The topological polar surface area (TPSA) is 78.4 Å². The molecule has 0 heterocycles. The van der Waals surface area contributed by atoms with Gasteiger partial charge in [-0.2, -0.15) is 0 Å². The van der Waals surface area contributed by atoms with Gasteiger partial charge in [-0.15, -0.1) is 0 Å². The van der Waals surface area contributed by atoms with E-state index in [2.05, 4.69) is 22.0 Å². The zero-order valence-electron chi connectivity index (χ0n) is 7.57. The van der Waals surface area contributed by atoms with Crippen LogP contribution in [-0.2, 0) is 0 Å². The first-order valence-corrected chi connectivity index (χ1v) is 4.01. The number of hydrazone groups is 1. The molecule has 1 aromatic carbocycles. The van der Waals surface area contributed by atoms with Crippen molar-refractivity contribution in [2.45, 2.75) is 0 Å². The van der Waals surface area contributed by atoms with Gasteiger partial charge < -0.3 is 11.5 Å². The molecule has 1 aromatic rings. The third kappa shape index (κ3) is 3.93. The second-order valence-electron chi connectivity index (χ2n) is 2.45. The molecule has 0 aromatic heterocycles. The molecule has 0 saturated carbocycles. The van der Waals surface area contributed by atoms with Gasteiger partial charge in [0.05, 0.1) is 0 Å². The van der Waals surface area contributed by atoms with Gasteiger partial charge in [0.2, 0.25) is 6.21 Å². The van der Waals surface area contributed by atoms with Crippen molar-refractivity contribution in [3.63, 3.8) is 0 Å². The summed E-state index contributed by atoms with van der Waals surface area (Å²) < 4.78 is 0. The lowest BCUT2D eigenvalue weighted by molar-refractivity contribution is -0.455. The average molecular weight is 187 g/mol. The molecule has 0 fully saturated rings. The van der Waals surface area contributed by atoms with Gasteiger partial charge in [-0.3, -0.25) is 0 Å². The van der Waals surface area contributed by atoms with Crippen molar-refractivity contribution in [1.82, 2.24) is 0 Å². The molecule has 4 nitrogen and oxygen atoms in total. The summed E-state index contributed by atoms with van der Waals surface area (Å²) in [7, 11) is 0. The van der Waals surface area contributed by atoms with Crippen molar-refractivity contribution < 1.29 is 5.10 Å². The molecule has 14 heavy (non-hydrogen) atoms. The molecule has 5 N–H and O–H groups in total. The van der Waals surface area contributed by atoms with Gasteiger partial charge in [0.15, 0.2) is 0 Å². The fourth-order valence-electron chi connectivity index (χ4n) is 0.780. The van der Waals surface area contributed by atoms with E-state index in [9.17, 15) is 0 Å². The van der Waals surface area contributed by atoms with E-state index < -0.39 is 0 Å². The summed E-state index contributed by atoms with van der Waals surface area (Å²) in [6.07, 6.45) is 1.46. The lowest BCUT2D eigenvalue weighted by Crippen LogP contribution is -2.63. The van der Waals surface area contributed by atoms with Crippen LogP contribution >= 0.6 is 0 Å². The van der Waals surface area contributed by atoms with Crippen molar-refractivity contribution in [3.05, 3.63) is 35.9 Å². The summed E-state index contributed by atoms with van der Waals surface area (Å²) in [6, 6.07) is 9.62. The molecule has 70 valence electrons. The smallest absolute Gasteiger partial charge is 0.256 e. The van der Waals surface area contributed by atoms with E-state index in [4.69, 9.17) is 11.5 Å². The zero-order chi connectivity index (χ0) is 10.2. The third-order valence-corrected chi connectivity index (χ3v) is 1.32.